The second-order valence-corrected chi connectivity index (χ2v) is 4.97. The van der Waals surface area contributed by atoms with Crippen molar-refractivity contribution in [2.75, 3.05) is 20.1 Å². The van der Waals surface area contributed by atoms with Gasteiger partial charge in [-0.3, -0.25) is 4.99 Å². The Hall–Kier alpha value is -0.770. The maximum atomic E-state index is 5.84. The van der Waals surface area contributed by atoms with E-state index in [9.17, 15) is 0 Å². The van der Waals surface area contributed by atoms with E-state index in [0.29, 0.717) is 18.0 Å². The number of nitrogens with two attached hydrogens (primary N) is 1. The Labute approximate surface area is 99.3 Å². The number of hydrogen-bond donors (Lipinski definition) is 2. The van der Waals surface area contributed by atoms with E-state index in [0.717, 1.165) is 13.1 Å². The fourth-order valence-corrected chi connectivity index (χ4v) is 1.91. The molecular formula is C12H26N4. The highest BCUT2D eigenvalue weighted by Crippen LogP contribution is 2.17. The zero-order valence-electron chi connectivity index (χ0n) is 10.9. The third kappa shape index (κ3) is 4.84. The first-order valence-electron chi connectivity index (χ1n) is 6.36. The Kier molecular flexibility index (Phi) is 5.60. The predicted molar refractivity (Wildman–Crippen MR) is 69.6 cm³/mol. The topological polar surface area (TPSA) is 53.6 Å². The molecule has 0 saturated heterocycles. The molecule has 0 aromatic rings. The van der Waals surface area contributed by atoms with Crippen LogP contribution >= 0.6 is 0 Å². The summed E-state index contributed by atoms with van der Waals surface area (Å²) in [5.74, 6) is 0.615. The molecule has 1 aliphatic rings. The fraction of sp³-hybridized carbons (Fsp3) is 0.917. The second-order valence-electron chi connectivity index (χ2n) is 4.97. The van der Waals surface area contributed by atoms with Gasteiger partial charge in [-0.15, -0.1) is 0 Å². The van der Waals surface area contributed by atoms with Crippen molar-refractivity contribution in [3.8, 4) is 0 Å². The van der Waals surface area contributed by atoms with Gasteiger partial charge in [0.05, 0.1) is 6.54 Å². The largest absolute Gasteiger partial charge is 0.370 e. The van der Waals surface area contributed by atoms with Crippen LogP contribution in [0.4, 0.5) is 0 Å². The average Bonchev–Trinajstić information content (AvgIpc) is 2.70. The molecule has 4 heteroatoms. The molecule has 1 aliphatic carbocycles. The molecule has 0 atom stereocenters. The first kappa shape index (κ1) is 13.3. The molecule has 0 bridgehead atoms. The van der Waals surface area contributed by atoms with Crippen LogP contribution in [-0.4, -0.2) is 43.1 Å². The molecule has 0 heterocycles. The number of likely N-dealkylation sites (N-methyl/N-ethyl adjacent to an activating group) is 1. The number of rotatable bonds is 5. The van der Waals surface area contributed by atoms with Gasteiger partial charge in [0.2, 0.25) is 0 Å². The Morgan fingerprint density at radius 1 is 1.44 bits per heavy atom. The molecule has 0 aromatic carbocycles. The predicted octanol–water partition coefficient (Wildman–Crippen LogP) is 1.17. The number of nitrogens with one attached hydrogen (secondary N) is 1. The summed E-state index contributed by atoms with van der Waals surface area (Å²) in [4.78, 5) is 6.62. The lowest BCUT2D eigenvalue weighted by molar-refractivity contribution is 0.282. The SMILES string of the molecule is CC(C)N(C)CCN=C(N)NC1CCCC1. The lowest BCUT2D eigenvalue weighted by atomic mass is 10.2. The molecule has 3 N–H and O–H groups in total. The van der Waals surface area contributed by atoms with Crippen molar-refractivity contribution >= 4 is 5.96 Å². The van der Waals surface area contributed by atoms with Crippen LogP contribution in [0.3, 0.4) is 0 Å². The zero-order chi connectivity index (χ0) is 12.0. The van der Waals surface area contributed by atoms with Gasteiger partial charge >= 0.3 is 0 Å². The number of aliphatic imine (C=N–C) groups is 1. The molecule has 0 spiro atoms. The zero-order valence-corrected chi connectivity index (χ0v) is 10.9. The van der Waals surface area contributed by atoms with Crippen LogP contribution in [0.2, 0.25) is 0 Å². The van der Waals surface area contributed by atoms with Crippen LogP contribution in [0.5, 0.6) is 0 Å². The van der Waals surface area contributed by atoms with Crippen molar-refractivity contribution < 1.29 is 0 Å². The first-order chi connectivity index (χ1) is 7.59. The Morgan fingerprint density at radius 3 is 2.62 bits per heavy atom. The molecule has 94 valence electrons. The molecule has 0 amide bonds. The van der Waals surface area contributed by atoms with Crippen LogP contribution in [0.15, 0.2) is 4.99 Å². The van der Waals surface area contributed by atoms with Gasteiger partial charge in [-0.1, -0.05) is 12.8 Å². The molecule has 4 nitrogen and oxygen atoms in total. The van der Waals surface area contributed by atoms with Crippen LogP contribution in [0.25, 0.3) is 0 Å². The van der Waals surface area contributed by atoms with E-state index in [2.05, 4.69) is 36.1 Å². The number of hydrogen-bond acceptors (Lipinski definition) is 2. The summed E-state index contributed by atoms with van der Waals surface area (Å²) in [5, 5.41) is 3.29. The van der Waals surface area contributed by atoms with Gasteiger partial charge in [-0.2, -0.15) is 0 Å². The number of nitrogens with zero attached hydrogens (tertiary/aromatic N) is 2. The minimum atomic E-state index is 0.562. The van der Waals surface area contributed by atoms with E-state index in [1.165, 1.54) is 25.7 Å². The molecule has 1 saturated carbocycles. The van der Waals surface area contributed by atoms with Crippen LogP contribution in [0.1, 0.15) is 39.5 Å². The summed E-state index contributed by atoms with van der Waals surface area (Å²) < 4.78 is 0. The second kappa shape index (κ2) is 6.74. The van der Waals surface area contributed by atoms with Crippen molar-refractivity contribution in [2.24, 2.45) is 10.7 Å². The molecule has 1 fully saturated rings. The number of guanidine groups is 1. The van der Waals surface area contributed by atoms with Gasteiger partial charge < -0.3 is 16.0 Å². The molecule has 0 unspecified atom stereocenters. The Bertz CT molecular complexity index is 219. The van der Waals surface area contributed by atoms with Crippen molar-refractivity contribution in [3.63, 3.8) is 0 Å². The van der Waals surface area contributed by atoms with Crippen LogP contribution in [-0.2, 0) is 0 Å². The summed E-state index contributed by atoms with van der Waals surface area (Å²) in [6.07, 6.45) is 5.12. The fourth-order valence-electron chi connectivity index (χ4n) is 1.91. The highest BCUT2D eigenvalue weighted by Gasteiger charge is 2.14. The van der Waals surface area contributed by atoms with Crippen molar-refractivity contribution in [1.82, 2.24) is 10.2 Å². The van der Waals surface area contributed by atoms with Crippen molar-refractivity contribution in [3.05, 3.63) is 0 Å². The van der Waals surface area contributed by atoms with Crippen molar-refractivity contribution in [2.45, 2.75) is 51.6 Å². The van der Waals surface area contributed by atoms with Crippen LogP contribution < -0.4 is 11.1 Å². The van der Waals surface area contributed by atoms with Gasteiger partial charge in [0, 0.05) is 18.6 Å². The summed E-state index contributed by atoms with van der Waals surface area (Å²) in [7, 11) is 2.11. The van der Waals surface area contributed by atoms with Crippen LogP contribution in [0, 0.1) is 0 Å². The maximum absolute atomic E-state index is 5.84. The average molecular weight is 226 g/mol. The van der Waals surface area contributed by atoms with E-state index >= 15 is 0 Å². The van der Waals surface area contributed by atoms with E-state index in [1.807, 2.05) is 0 Å². The van der Waals surface area contributed by atoms with E-state index in [4.69, 9.17) is 5.73 Å². The third-order valence-electron chi connectivity index (χ3n) is 3.32. The minimum Gasteiger partial charge on any atom is -0.370 e. The molecule has 16 heavy (non-hydrogen) atoms. The van der Waals surface area contributed by atoms with E-state index in [1.54, 1.807) is 0 Å². The Balaban J connectivity index is 2.17. The standard InChI is InChI=1S/C12H26N4/c1-10(2)16(3)9-8-14-12(13)15-11-6-4-5-7-11/h10-11H,4-9H2,1-3H3,(H3,13,14,15). The smallest absolute Gasteiger partial charge is 0.188 e. The van der Waals surface area contributed by atoms with Gasteiger partial charge in [0.15, 0.2) is 5.96 Å². The normalized spacial score (nSPS) is 18.7. The molecular weight excluding hydrogens is 200 g/mol. The van der Waals surface area contributed by atoms with E-state index in [-0.39, 0.29) is 0 Å². The monoisotopic (exact) mass is 226 g/mol. The highest BCUT2D eigenvalue weighted by atomic mass is 15.2. The van der Waals surface area contributed by atoms with Gasteiger partial charge in [-0.25, -0.2) is 0 Å². The molecule has 0 radical (unpaired) electrons. The molecule has 1 rings (SSSR count). The first-order valence-corrected chi connectivity index (χ1v) is 6.36. The lowest BCUT2D eigenvalue weighted by Crippen LogP contribution is -2.39. The van der Waals surface area contributed by atoms with E-state index < -0.39 is 0 Å². The van der Waals surface area contributed by atoms with Gasteiger partial charge in [0.1, 0.15) is 0 Å². The Morgan fingerprint density at radius 2 is 2.06 bits per heavy atom. The molecule has 0 aliphatic heterocycles. The quantitative estimate of drug-likeness (QED) is 0.546. The summed E-state index contributed by atoms with van der Waals surface area (Å²) in [5.41, 5.74) is 5.84. The highest BCUT2D eigenvalue weighted by molar-refractivity contribution is 5.78. The third-order valence-corrected chi connectivity index (χ3v) is 3.32. The van der Waals surface area contributed by atoms with Crippen molar-refractivity contribution in [1.29, 1.82) is 0 Å². The minimum absolute atomic E-state index is 0.562. The van der Waals surface area contributed by atoms with Gasteiger partial charge in [0.25, 0.3) is 0 Å². The lowest BCUT2D eigenvalue weighted by Gasteiger charge is -2.20. The molecule has 0 aromatic heterocycles. The summed E-state index contributed by atoms with van der Waals surface area (Å²) in [6, 6.07) is 1.13. The summed E-state index contributed by atoms with van der Waals surface area (Å²) in [6.45, 7) is 6.11. The van der Waals surface area contributed by atoms with Gasteiger partial charge in [-0.05, 0) is 33.7 Å². The maximum Gasteiger partial charge on any atom is 0.188 e. The summed E-state index contributed by atoms with van der Waals surface area (Å²) >= 11 is 0.